The number of esters is 1. The number of ether oxygens (including phenoxy) is 1. The van der Waals surface area contributed by atoms with Gasteiger partial charge in [0.2, 0.25) is 5.78 Å². The summed E-state index contributed by atoms with van der Waals surface area (Å²) in [5, 5.41) is 2.89. The summed E-state index contributed by atoms with van der Waals surface area (Å²) in [7, 11) is 3.81. The molecule has 0 aromatic heterocycles. The largest absolute Gasteiger partial charge is 0.462 e. The Morgan fingerprint density at radius 1 is 1.39 bits per heavy atom. The van der Waals surface area contributed by atoms with Crippen LogP contribution in [0.5, 0.6) is 0 Å². The van der Waals surface area contributed by atoms with Crippen molar-refractivity contribution in [1.82, 2.24) is 10.2 Å². The number of Topliss-reactive ketones (excluding diaryl/α,β-unsaturated/α-hetero) is 1. The maximum Gasteiger partial charge on any atom is 0.343 e. The van der Waals surface area contributed by atoms with E-state index in [0.717, 1.165) is 6.54 Å². The van der Waals surface area contributed by atoms with Crippen LogP contribution in [-0.4, -0.2) is 50.4 Å². The van der Waals surface area contributed by atoms with Crippen molar-refractivity contribution in [3.63, 3.8) is 0 Å². The Morgan fingerprint density at radius 3 is 2.70 bits per heavy atom. The molecule has 1 N–H and O–H groups in total. The van der Waals surface area contributed by atoms with E-state index in [0.29, 0.717) is 10.1 Å². The molecule has 0 saturated carbocycles. The molecule has 0 amide bonds. The van der Waals surface area contributed by atoms with Gasteiger partial charge in [-0.1, -0.05) is 0 Å². The molecule has 0 aliphatic carbocycles. The molecule has 0 unspecified atom stereocenters. The Kier molecular flexibility index (Phi) is 8.18. The number of likely N-dealkylation sites (N-methyl/N-ethyl adjacent to an activating group) is 1. The molecular formula is C16H20FIN2O3. The molecular weight excluding hydrogens is 414 g/mol. The fraction of sp³-hybridized carbons (Fsp3) is 0.375. The molecule has 126 valence electrons. The van der Waals surface area contributed by atoms with Crippen molar-refractivity contribution in [1.29, 1.82) is 0 Å². The Labute approximate surface area is 149 Å². The van der Waals surface area contributed by atoms with Crippen molar-refractivity contribution < 1.29 is 18.7 Å². The van der Waals surface area contributed by atoms with Crippen molar-refractivity contribution in [2.24, 2.45) is 0 Å². The lowest BCUT2D eigenvalue weighted by Crippen LogP contribution is -2.26. The second-order valence-electron chi connectivity index (χ2n) is 4.99. The van der Waals surface area contributed by atoms with Crippen LogP contribution in [0.1, 0.15) is 17.3 Å². The Bertz CT molecular complexity index is 603. The summed E-state index contributed by atoms with van der Waals surface area (Å²) in [5.74, 6) is -2.14. The van der Waals surface area contributed by atoms with E-state index in [9.17, 15) is 14.0 Å². The highest BCUT2D eigenvalue weighted by molar-refractivity contribution is 14.1. The number of carbonyl (C=O) groups excluding carboxylic acids is 2. The molecule has 7 heteroatoms. The second-order valence-corrected chi connectivity index (χ2v) is 6.23. The molecule has 5 nitrogen and oxygen atoms in total. The summed E-state index contributed by atoms with van der Waals surface area (Å²) in [6.45, 7) is 3.04. The van der Waals surface area contributed by atoms with Crippen molar-refractivity contribution in [2.75, 3.05) is 33.8 Å². The molecule has 0 heterocycles. The van der Waals surface area contributed by atoms with Crippen LogP contribution in [0.3, 0.4) is 0 Å². The smallest absolute Gasteiger partial charge is 0.343 e. The number of nitrogens with zero attached hydrogens (tertiary/aromatic N) is 1. The summed E-state index contributed by atoms with van der Waals surface area (Å²) >= 11 is 1.98. The average molecular weight is 434 g/mol. The van der Waals surface area contributed by atoms with E-state index in [1.165, 1.54) is 18.3 Å². The van der Waals surface area contributed by atoms with Gasteiger partial charge in [0.1, 0.15) is 11.4 Å². The van der Waals surface area contributed by atoms with Gasteiger partial charge in [0.05, 0.1) is 12.2 Å². The number of hydrogen-bond acceptors (Lipinski definition) is 5. The lowest BCUT2D eigenvalue weighted by molar-refractivity contribution is -0.138. The molecule has 0 aliphatic rings. The number of carbonyl (C=O) groups is 2. The van der Waals surface area contributed by atoms with Gasteiger partial charge in [-0.2, -0.15) is 0 Å². The van der Waals surface area contributed by atoms with Gasteiger partial charge in [0.15, 0.2) is 0 Å². The zero-order valence-corrected chi connectivity index (χ0v) is 15.5. The minimum Gasteiger partial charge on any atom is -0.462 e. The predicted octanol–water partition coefficient (Wildman–Crippen LogP) is 2.21. The lowest BCUT2D eigenvalue weighted by Gasteiger charge is -2.11. The van der Waals surface area contributed by atoms with Gasteiger partial charge in [-0.25, -0.2) is 9.18 Å². The van der Waals surface area contributed by atoms with Gasteiger partial charge in [-0.15, -0.1) is 0 Å². The van der Waals surface area contributed by atoms with Crippen LogP contribution >= 0.6 is 22.6 Å². The third kappa shape index (κ3) is 6.26. The first-order chi connectivity index (χ1) is 10.9. The van der Waals surface area contributed by atoms with Crippen LogP contribution < -0.4 is 5.32 Å². The van der Waals surface area contributed by atoms with Gasteiger partial charge in [-0.3, -0.25) is 4.79 Å². The third-order valence-corrected chi connectivity index (χ3v) is 3.53. The first-order valence-electron chi connectivity index (χ1n) is 7.12. The number of ketones is 1. The van der Waals surface area contributed by atoms with E-state index in [1.807, 2.05) is 41.6 Å². The van der Waals surface area contributed by atoms with Crippen molar-refractivity contribution in [2.45, 2.75) is 6.92 Å². The maximum atomic E-state index is 13.9. The predicted molar refractivity (Wildman–Crippen MR) is 94.7 cm³/mol. The Balaban J connectivity index is 3.03. The van der Waals surface area contributed by atoms with E-state index in [2.05, 4.69) is 5.32 Å². The van der Waals surface area contributed by atoms with Crippen LogP contribution in [0.15, 0.2) is 30.0 Å². The van der Waals surface area contributed by atoms with Crippen LogP contribution in [-0.2, 0) is 9.53 Å². The highest BCUT2D eigenvalue weighted by atomic mass is 127. The van der Waals surface area contributed by atoms with Crippen LogP contribution in [0, 0.1) is 9.39 Å². The quantitative estimate of drug-likeness (QED) is 0.129. The highest BCUT2D eigenvalue weighted by Gasteiger charge is 2.24. The molecule has 0 aliphatic heterocycles. The maximum absolute atomic E-state index is 13.9. The highest BCUT2D eigenvalue weighted by Crippen LogP contribution is 2.17. The zero-order valence-electron chi connectivity index (χ0n) is 13.4. The molecule has 0 spiro atoms. The van der Waals surface area contributed by atoms with E-state index >= 15 is 0 Å². The molecule has 0 atom stereocenters. The SMILES string of the molecule is CCOC(=O)/C(=C/NCCN(C)C)C(=O)c1cc(I)ccc1F. The van der Waals surface area contributed by atoms with Gasteiger partial charge in [-0.05, 0) is 61.8 Å². The first kappa shape index (κ1) is 19.6. The molecule has 1 aromatic carbocycles. The van der Waals surface area contributed by atoms with Gasteiger partial charge in [0.25, 0.3) is 0 Å². The number of hydrogen-bond donors (Lipinski definition) is 1. The molecule has 0 fully saturated rings. The van der Waals surface area contributed by atoms with Crippen molar-refractivity contribution in [3.05, 3.63) is 44.9 Å². The number of benzene rings is 1. The minimum atomic E-state index is -0.770. The molecule has 23 heavy (non-hydrogen) atoms. The molecule has 1 aromatic rings. The molecule has 1 rings (SSSR count). The van der Waals surface area contributed by atoms with Crippen LogP contribution in [0.4, 0.5) is 4.39 Å². The summed E-state index contributed by atoms with van der Waals surface area (Å²) in [6.07, 6.45) is 1.29. The number of rotatable bonds is 8. The van der Waals surface area contributed by atoms with Gasteiger partial charge >= 0.3 is 5.97 Å². The average Bonchev–Trinajstić information content (AvgIpc) is 2.49. The van der Waals surface area contributed by atoms with E-state index in [4.69, 9.17) is 4.74 Å². The number of nitrogens with one attached hydrogen (secondary N) is 1. The van der Waals surface area contributed by atoms with Gasteiger partial charge < -0.3 is 15.0 Å². The van der Waals surface area contributed by atoms with Crippen molar-refractivity contribution >= 4 is 34.3 Å². The molecule has 0 saturated heterocycles. The fourth-order valence-corrected chi connectivity index (χ4v) is 2.20. The molecule has 0 bridgehead atoms. The number of halogens is 2. The zero-order chi connectivity index (χ0) is 17.4. The summed E-state index contributed by atoms with van der Waals surface area (Å²) in [4.78, 5) is 26.4. The minimum absolute atomic E-state index is 0.135. The topological polar surface area (TPSA) is 58.6 Å². The Hall–Kier alpha value is -1.48. The van der Waals surface area contributed by atoms with Crippen LogP contribution in [0.25, 0.3) is 0 Å². The fourth-order valence-electron chi connectivity index (χ4n) is 1.70. The summed E-state index contributed by atoms with van der Waals surface area (Å²) in [5.41, 5.74) is -0.364. The Morgan fingerprint density at radius 2 is 2.09 bits per heavy atom. The van der Waals surface area contributed by atoms with E-state index < -0.39 is 17.6 Å². The van der Waals surface area contributed by atoms with Crippen LogP contribution in [0.2, 0.25) is 0 Å². The standard InChI is InChI=1S/C16H20FIN2O3/c1-4-23-16(22)13(10-19-7-8-20(2)3)15(21)12-9-11(18)5-6-14(12)17/h5-6,9-10,19H,4,7-8H2,1-3H3/b13-10+. The summed E-state index contributed by atoms with van der Waals surface area (Å²) in [6, 6.07) is 4.16. The monoisotopic (exact) mass is 434 g/mol. The van der Waals surface area contributed by atoms with Gasteiger partial charge in [0, 0.05) is 22.9 Å². The molecule has 0 radical (unpaired) electrons. The summed E-state index contributed by atoms with van der Waals surface area (Å²) < 4.78 is 19.5. The second kappa shape index (κ2) is 9.61. The normalized spacial score (nSPS) is 11.5. The third-order valence-electron chi connectivity index (χ3n) is 2.86. The van der Waals surface area contributed by atoms with E-state index in [1.54, 1.807) is 13.0 Å². The first-order valence-corrected chi connectivity index (χ1v) is 8.19. The van der Waals surface area contributed by atoms with E-state index in [-0.39, 0.29) is 17.7 Å². The van der Waals surface area contributed by atoms with Crippen molar-refractivity contribution in [3.8, 4) is 0 Å². The lowest BCUT2D eigenvalue weighted by atomic mass is 10.0.